The van der Waals surface area contributed by atoms with Crippen molar-refractivity contribution in [1.82, 2.24) is 5.32 Å². The predicted octanol–water partition coefficient (Wildman–Crippen LogP) is 2.31. The van der Waals surface area contributed by atoms with E-state index in [2.05, 4.69) is 17.4 Å². The van der Waals surface area contributed by atoms with E-state index in [1.165, 1.54) is 11.1 Å². The van der Waals surface area contributed by atoms with E-state index < -0.39 is 11.4 Å². The average Bonchev–Trinajstić information content (AvgIpc) is 2.68. The Bertz CT molecular complexity index is 564. The number of rotatable bonds is 4. The summed E-state index contributed by atoms with van der Waals surface area (Å²) in [5.74, 6) is -0.962. The molecule has 0 atom stereocenters. The number of hydrogen-bond donors (Lipinski definition) is 2. The average molecular weight is 287 g/mol. The van der Waals surface area contributed by atoms with Crippen LogP contribution in [0.2, 0.25) is 0 Å². The van der Waals surface area contributed by atoms with Crippen molar-refractivity contribution in [3.63, 3.8) is 0 Å². The van der Waals surface area contributed by atoms with Crippen molar-refractivity contribution in [2.45, 2.75) is 51.0 Å². The van der Waals surface area contributed by atoms with Crippen LogP contribution in [0.3, 0.4) is 0 Å². The highest BCUT2D eigenvalue weighted by Crippen LogP contribution is 2.44. The summed E-state index contributed by atoms with van der Waals surface area (Å²) in [7, 11) is 0. The second-order valence-corrected chi connectivity index (χ2v) is 6.85. The van der Waals surface area contributed by atoms with Gasteiger partial charge in [-0.2, -0.15) is 0 Å². The van der Waals surface area contributed by atoms with Gasteiger partial charge < -0.3 is 10.4 Å². The quantitative estimate of drug-likeness (QED) is 0.893. The van der Waals surface area contributed by atoms with Crippen molar-refractivity contribution in [2.75, 3.05) is 0 Å². The van der Waals surface area contributed by atoms with Gasteiger partial charge in [-0.05, 0) is 43.7 Å². The molecule has 1 aromatic rings. The molecule has 2 aliphatic rings. The van der Waals surface area contributed by atoms with E-state index in [4.69, 9.17) is 0 Å². The van der Waals surface area contributed by atoms with Crippen molar-refractivity contribution in [2.24, 2.45) is 5.41 Å². The van der Waals surface area contributed by atoms with Crippen LogP contribution in [-0.2, 0) is 22.4 Å². The molecule has 2 N–H and O–H groups in total. The molecular weight excluding hydrogens is 266 g/mol. The highest BCUT2D eigenvalue weighted by atomic mass is 16.4. The van der Waals surface area contributed by atoms with Gasteiger partial charge in [-0.15, -0.1) is 0 Å². The summed E-state index contributed by atoms with van der Waals surface area (Å²) < 4.78 is 0. The largest absolute Gasteiger partial charge is 0.481 e. The van der Waals surface area contributed by atoms with E-state index >= 15 is 0 Å². The van der Waals surface area contributed by atoms with Crippen LogP contribution in [0.15, 0.2) is 24.3 Å². The van der Waals surface area contributed by atoms with Crippen molar-refractivity contribution >= 4 is 11.9 Å². The van der Waals surface area contributed by atoms with Gasteiger partial charge in [0.25, 0.3) is 0 Å². The van der Waals surface area contributed by atoms with E-state index in [1.807, 2.05) is 19.1 Å². The third-order valence-electron chi connectivity index (χ3n) is 4.98. The van der Waals surface area contributed by atoms with Gasteiger partial charge >= 0.3 is 5.97 Å². The molecule has 0 unspecified atom stereocenters. The van der Waals surface area contributed by atoms with Gasteiger partial charge in [-0.1, -0.05) is 30.7 Å². The second kappa shape index (κ2) is 4.86. The summed E-state index contributed by atoms with van der Waals surface area (Å²) in [4.78, 5) is 23.6. The zero-order valence-electron chi connectivity index (χ0n) is 12.3. The minimum atomic E-state index is -0.830. The fraction of sp³-hybridized carbons (Fsp3) is 0.529. The smallest absolute Gasteiger partial charge is 0.310 e. The first-order chi connectivity index (χ1) is 9.92. The normalized spacial score (nSPS) is 21.2. The Morgan fingerprint density at radius 3 is 2.19 bits per heavy atom. The van der Waals surface area contributed by atoms with Gasteiger partial charge in [0, 0.05) is 12.0 Å². The van der Waals surface area contributed by atoms with Crippen molar-refractivity contribution in [3.8, 4) is 0 Å². The maximum Gasteiger partial charge on any atom is 0.310 e. The molecule has 4 heteroatoms. The molecular formula is C17H21NO3. The second-order valence-electron chi connectivity index (χ2n) is 6.85. The minimum absolute atomic E-state index is 0.105. The Kier molecular flexibility index (Phi) is 3.27. The van der Waals surface area contributed by atoms with Gasteiger partial charge in [0.15, 0.2) is 0 Å². The number of aliphatic carboxylic acids is 1. The molecule has 0 bridgehead atoms. The summed E-state index contributed by atoms with van der Waals surface area (Å²) in [5.41, 5.74) is 1.45. The van der Waals surface area contributed by atoms with Crippen LogP contribution in [-0.4, -0.2) is 22.5 Å². The summed E-state index contributed by atoms with van der Waals surface area (Å²) in [6, 6.07) is 8.22. The van der Waals surface area contributed by atoms with Crippen molar-refractivity contribution in [1.29, 1.82) is 0 Å². The molecule has 0 aliphatic heterocycles. The Morgan fingerprint density at radius 1 is 1.19 bits per heavy atom. The lowest BCUT2D eigenvalue weighted by atomic mass is 9.66. The lowest BCUT2D eigenvalue weighted by Gasteiger charge is -2.38. The summed E-state index contributed by atoms with van der Waals surface area (Å²) in [6.07, 6.45) is 3.87. The molecule has 0 aromatic heterocycles. The third kappa shape index (κ3) is 2.55. The Hall–Kier alpha value is -1.84. The Morgan fingerprint density at radius 2 is 1.76 bits per heavy atom. The molecule has 0 spiro atoms. The third-order valence-corrected chi connectivity index (χ3v) is 4.98. The number of carbonyl (C=O) groups excluding carboxylic acids is 1. The molecule has 4 nitrogen and oxygen atoms in total. The fourth-order valence-corrected chi connectivity index (χ4v) is 3.65. The minimum Gasteiger partial charge on any atom is -0.481 e. The first-order valence-electron chi connectivity index (χ1n) is 7.54. The SMILES string of the molecule is CC1(NC(=O)CC2(C(=O)O)CCC2)Cc2ccccc2C1. The van der Waals surface area contributed by atoms with Gasteiger partial charge in [0.1, 0.15) is 0 Å². The van der Waals surface area contributed by atoms with Crippen LogP contribution in [0.5, 0.6) is 0 Å². The maximum atomic E-state index is 12.3. The number of carboxylic acid groups (broad SMARTS) is 1. The van der Waals surface area contributed by atoms with Crippen molar-refractivity contribution < 1.29 is 14.7 Å². The summed E-state index contributed by atoms with van der Waals surface area (Å²) in [5, 5.41) is 12.4. The van der Waals surface area contributed by atoms with E-state index in [0.29, 0.717) is 12.8 Å². The van der Waals surface area contributed by atoms with Gasteiger partial charge in [-0.25, -0.2) is 0 Å². The van der Waals surface area contributed by atoms with Crippen LogP contribution in [0.25, 0.3) is 0 Å². The zero-order valence-corrected chi connectivity index (χ0v) is 12.3. The first-order valence-corrected chi connectivity index (χ1v) is 7.54. The predicted molar refractivity (Wildman–Crippen MR) is 78.9 cm³/mol. The molecule has 112 valence electrons. The maximum absolute atomic E-state index is 12.3. The van der Waals surface area contributed by atoms with Gasteiger partial charge in [-0.3, -0.25) is 9.59 Å². The molecule has 1 saturated carbocycles. The number of fused-ring (bicyclic) bond motifs is 1. The van der Waals surface area contributed by atoms with Crippen LogP contribution in [0.4, 0.5) is 0 Å². The summed E-state index contributed by atoms with van der Waals surface area (Å²) in [6.45, 7) is 2.04. The lowest BCUT2D eigenvalue weighted by molar-refractivity contribution is -0.157. The number of amides is 1. The van der Waals surface area contributed by atoms with E-state index in [-0.39, 0.29) is 17.9 Å². The molecule has 0 radical (unpaired) electrons. The Balaban J connectivity index is 1.65. The highest BCUT2D eigenvalue weighted by molar-refractivity contribution is 5.86. The number of carboxylic acids is 1. The summed E-state index contributed by atoms with van der Waals surface area (Å²) >= 11 is 0. The van der Waals surface area contributed by atoms with Crippen LogP contribution < -0.4 is 5.32 Å². The van der Waals surface area contributed by atoms with E-state index in [9.17, 15) is 14.7 Å². The molecule has 1 amide bonds. The number of nitrogens with one attached hydrogen (secondary N) is 1. The molecule has 21 heavy (non-hydrogen) atoms. The topological polar surface area (TPSA) is 66.4 Å². The number of carbonyl (C=O) groups is 2. The van der Waals surface area contributed by atoms with Gasteiger partial charge in [0.05, 0.1) is 5.41 Å². The molecule has 0 saturated heterocycles. The standard InChI is InChI=1S/C17H21NO3/c1-16(9-12-5-2-3-6-13(12)10-16)18-14(19)11-17(15(20)21)7-4-8-17/h2-3,5-6H,4,7-11H2,1H3,(H,18,19)(H,20,21). The molecule has 1 aromatic carbocycles. The van der Waals surface area contributed by atoms with Gasteiger partial charge in [0.2, 0.25) is 5.91 Å². The lowest BCUT2D eigenvalue weighted by Crippen LogP contribution is -2.50. The molecule has 2 aliphatic carbocycles. The monoisotopic (exact) mass is 287 g/mol. The zero-order chi connectivity index (χ0) is 15.1. The first kappa shape index (κ1) is 14.1. The van der Waals surface area contributed by atoms with Crippen LogP contribution in [0, 0.1) is 5.41 Å². The molecule has 1 fully saturated rings. The van der Waals surface area contributed by atoms with Crippen molar-refractivity contribution in [3.05, 3.63) is 35.4 Å². The fourth-order valence-electron chi connectivity index (χ4n) is 3.65. The molecule has 3 rings (SSSR count). The molecule has 0 heterocycles. The van der Waals surface area contributed by atoms with Crippen LogP contribution in [0.1, 0.15) is 43.7 Å². The number of hydrogen-bond acceptors (Lipinski definition) is 2. The van der Waals surface area contributed by atoms with Crippen LogP contribution >= 0.6 is 0 Å². The Labute approximate surface area is 124 Å². The highest BCUT2D eigenvalue weighted by Gasteiger charge is 2.46. The van der Waals surface area contributed by atoms with E-state index in [1.54, 1.807) is 0 Å². The van der Waals surface area contributed by atoms with E-state index in [0.717, 1.165) is 19.3 Å². The number of benzene rings is 1.